The van der Waals surface area contributed by atoms with Crippen LogP contribution in [0.2, 0.25) is 0 Å². The van der Waals surface area contributed by atoms with Crippen LogP contribution in [0.1, 0.15) is 27.6 Å². The molecule has 1 amide bonds. The second-order valence-corrected chi connectivity index (χ2v) is 5.84. The van der Waals surface area contributed by atoms with Gasteiger partial charge in [0, 0.05) is 12.5 Å². The minimum absolute atomic E-state index is 0.169. The van der Waals surface area contributed by atoms with E-state index < -0.39 is 0 Å². The minimum Gasteiger partial charge on any atom is -0.497 e. The molecule has 0 saturated carbocycles. The Kier molecular flexibility index (Phi) is 6.04. The summed E-state index contributed by atoms with van der Waals surface area (Å²) in [5.74, 6) is 1.74. The molecule has 0 bridgehead atoms. The Balaban J connectivity index is 1.56. The highest BCUT2D eigenvalue weighted by Gasteiger charge is 2.14. The van der Waals surface area contributed by atoms with E-state index >= 15 is 0 Å². The molecule has 0 aliphatic heterocycles. The van der Waals surface area contributed by atoms with E-state index in [4.69, 9.17) is 14.0 Å². The number of nitrogens with zero attached hydrogens (tertiary/aromatic N) is 2. The number of rotatable bonds is 8. The monoisotopic (exact) mass is 367 g/mol. The van der Waals surface area contributed by atoms with E-state index in [9.17, 15) is 4.79 Å². The Morgan fingerprint density at radius 2 is 1.89 bits per heavy atom. The van der Waals surface area contributed by atoms with Crippen molar-refractivity contribution in [2.24, 2.45) is 0 Å². The van der Waals surface area contributed by atoms with Crippen molar-refractivity contribution in [2.45, 2.75) is 19.4 Å². The van der Waals surface area contributed by atoms with Gasteiger partial charge in [0.15, 0.2) is 5.82 Å². The summed E-state index contributed by atoms with van der Waals surface area (Å²) in [6.07, 6.45) is 1.47. The first kappa shape index (κ1) is 18.4. The van der Waals surface area contributed by atoms with Crippen LogP contribution in [0.15, 0.2) is 53.1 Å². The molecule has 27 heavy (non-hydrogen) atoms. The molecule has 3 rings (SSSR count). The molecule has 1 aromatic heterocycles. The number of hydrogen-bond donors (Lipinski definition) is 1. The zero-order chi connectivity index (χ0) is 19.1. The van der Waals surface area contributed by atoms with E-state index in [1.165, 1.54) is 12.7 Å². The molecule has 0 unspecified atom stereocenters. The molecule has 7 nitrogen and oxygen atoms in total. The summed E-state index contributed by atoms with van der Waals surface area (Å²) in [5, 5.41) is 6.68. The fraction of sp³-hybridized carbons (Fsp3) is 0.250. The number of carbonyl (C=O) groups is 1. The van der Waals surface area contributed by atoms with E-state index in [1.54, 1.807) is 25.3 Å². The predicted molar refractivity (Wildman–Crippen MR) is 98.9 cm³/mol. The van der Waals surface area contributed by atoms with Gasteiger partial charge < -0.3 is 19.3 Å². The Bertz CT molecular complexity index is 893. The number of ether oxygens (including phenoxy) is 2. The molecule has 0 radical (unpaired) electrons. The van der Waals surface area contributed by atoms with Crippen molar-refractivity contribution >= 4 is 5.91 Å². The molecule has 0 saturated heterocycles. The van der Waals surface area contributed by atoms with Crippen molar-refractivity contribution in [1.29, 1.82) is 0 Å². The molecule has 7 heteroatoms. The van der Waals surface area contributed by atoms with E-state index in [0.29, 0.717) is 35.2 Å². The molecule has 1 N–H and O–H groups in total. The average molecular weight is 367 g/mol. The van der Waals surface area contributed by atoms with Crippen LogP contribution in [0.3, 0.4) is 0 Å². The van der Waals surface area contributed by atoms with Gasteiger partial charge in [-0.25, -0.2) is 0 Å². The number of nitrogens with one attached hydrogen (secondary N) is 1. The molecule has 0 aliphatic rings. The van der Waals surface area contributed by atoms with Crippen molar-refractivity contribution < 1.29 is 18.8 Å². The van der Waals surface area contributed by atoms with Gasteiger partial charge in [-0.3, -0.25) is 4.79 Å². The maximum absolute atomic E-state index is 12.4. The van der Waals surface area contributed by atoms with Gasteiger partial charge in [-0.1, -0.05) is 35.5 Å². The maximum atomic E-state index is 12.4. The van der Waals surface area contributed by atoms with Gasteiger partial charge in [-0.15, -0.1) is 0 Å². The lowest BCUT2D eigenvalue weighted by molar-refractivity contribution is 0.0946. The molecule has 2 aromatic carbocycles. The summed E-state index contributed by atoms with van der Waals surface area (Å²) in [5.41, 5.74) is 1.61. The molecular weight excluding hydrogens is 346 g/mol. The third-order valence-electron chi connectivity index (χ3n) is 4.04. The topological polar surface area (TPSA) is 86.5 Å². The highest BCUT2D eigenvalue weighted by molar-refractivity contribution is 5.97. The van der Waals surface area contributed by atoms with Crippen LogP contribution in [0, 0.1) is 0 Å². The lowest BCUT2D eigenvalue weighted by atomic mass is 10.1. The third-order valence-corrected chi connectivity index (χ3v) is 4.04. The quantitative estimate of drug-likeness (QED) is 0.659. The molecule has 3 aromatic rings. The molecule has 0 spiro atoms. The normalized spacial score (nSPS) is 10.4. The first-order chi connectivity index (χ1) is 13.2. The fourth-order valence-corrected chi connectivity index (χ4v) is 2.60. The summed E-state index contributed by atoms with van der Waals surface area (Å²) in [7, 11) is 3.06. The molecule has 0 aliphatic carbocycles. The van der Waals surface area contributed by atoms with Crippen LogP contribution < -0.4 is 14.8 Å². The smallest absolute Gasteiger partial charge is 0.255 e. The molecule has 0 fully saturated rings. The van der Waals surface area contributed by atoms with E-state index in [-0.39, 0.29) is 12.5 Å². The molecule has 140 valence electrons. The number of aromatic nitrogens is 2. The summed E-state index contributed by atoms with van der Waals surface area (Å²) in [6, 6.07) is 15.1. The number of benzene rings is 2. The van der Waals surface area contributed by atoms with E-state index in [0.717, 1.165) is 6.42 Å². The average Bonchev–Trinajstić information content (AvgIpc) is 3.18. The largest absolute Gasteiger partial charge is 0.497 e. The van der Waals surface area contributed by atoms with Gasteiger partial charge in [-0.2, -0.15) is 4.98 Å². The zero-order valence-electron chi connectivity index (χ0n) is 15.3. The van der Waals surface area contributed by atoms with Crippen LogP contribution in [0.25, 0.3) is 0 Å². The Labute approximate surface area is 157 Å². The predicted octanol–water partition coefficient (Wildman–Crippen LogP) is 2.80. The van der Waals surface area contributed by atoms with Gasteiger partial charge in [0.05, 0.1) is 26.3 Å². The SMILES string of the molecule is COc1ccc(C(=O)NCc2noc(CCc3ccccc3)n2)c(OC)c1. The van der Waals surface area contributed by atoms with Gasteiger partial charge >= 0.3 is 0 Å². The lowest BCUT2D eigenvalue weighted by Crippen LogP contribution is -2.24. The fourth-order valence-electron chi connectivity index (χ4n) is 2.60. The molecule has 0 atom stereocenters. The van der Waals surface area contributed by atoms with Crippen LogP contribution in [0.4, 0.5) is 0 Å². The number of methoxy groups -OCH3 is 2. The van der Waals surface area contributed by atoms with E-state index in [1.807, 2.05) is 18.2 Å². The summed E-state index contributed by atoms with van der Waals surface area (Å²) in [6.45, 7) is 0.169. The first-order valence-electron chi connectivity index (χ1n) is 8.55. The highest BCUT2D eigenvalue weighted by atomic mass is 16.5. The van der Waals surface area contributed by atoms with Gasteiger partial charge in [-0.05, 0) is 24.1 Å². The first-order valence-corrected chi connectivity index (χ1v) is 8.55. The van der Waals surface area contributed by atoms with Crippen LogP contribution in [0.5, 0.6) is 11.5 Å². The minimum atomic E-state index is -0.287. The Hall–Kier alpha value is -3.35. The van der Waals surface area contributed by atoms with Crippen molar-refractivity contribution in [3.63, 3.8) is 0 Å². The number of amides is 1. The Morgan fingerprint density at radius 1 is 1.07 bits per heavy atom. The molecular formula is C20H21N3O4. The number of aryl methyl sites for hydroxylation is 2. The second-order valence-electron chi connectivity index (χ2n) is 5.84. The lowest BCUT2D eigenvalue weighted by Gasteiger charge is -2.09. The Morgan fingerprint density at radius 3 is 2.63 bits per heavy atom. The summed E-state index contributed by atoms with van der Waals surface area (Å²) in [4.78, 5) is 16.7. The van der Waals surface area contributed by atoms with Crippen molar-refractivity contribution in [3.8, 4) is 11.5 Å². The second kappa shape index (κ2) is 8.84. The van der Waals surface area contributed by atoms with Gasteiger partial charge in [0.25, 0.3) is 5.91 Å². The van der Waals surface area contributed by atoms with Crippen LogP contribution in [-0.2, 0) is 19.4 Å². The van der Waals surface area contributed by atoms with Crippen molar-refractivity contribution in [3.05, 3.63) is 71.4 Å². The third kappa shape index (κ3) is 4.84. The number of hydrogen-bond acceptors (Lipinski definition) is 6. The number of carbonyl (C=O) groups excluding carboxylic acids is 1. The van der Waals surface area contributed by atoms with Crippen molar-refractivity contribution in [2.75, 3.05) is 14.2 Å². The molecule has 1 heterocycles. The summed E-state index contributed by atoms with van der Waals surface area (Å²) < 4.78 is 15.6. The zero-order valence-corrected chi connectivity index (χ0v) is 15.3. The van der Waals surface area contributed by atoms with Gasteiger partial charge in [0.2, 0.25) is 5.89 Å². The standard InChI is InChI=1S/C20H21N3O4/c1-25-15-9-10-16(17(12-15)26-2)20(24)21-13-18-22-19(27-23-18)11-8-14-6-4-3-5-7-14/h3-7,9-10,12H,8,11,13H2,1-2H3,(H,21,24). The van der Waals surface area contributed by atoms with E-state index in [2.05, 4.69) is 27.6 Å². The highest BCUT2D eigenvalue weighted by Crippen LogP contribution is 2.24. The summed E-state index contributed by atoms with van der Waals surface area (Å²) >= 11 is 0. The van der Waals surface area contributed by atoms with Gasteiger partial charge in [0.1, 0.15) is 11.5 Å². The van der Waals surface area contributed by atoms with Crippen molar-refractivity contribution in [1.82, 2.24) is 15.5 Å². The van der Waals surface area contributed by atoms with Crippen LogP contribution in [-0.4, -0.2) is 30.3 Å². The van der Waals surface area contributed by atoms with Crippen LogP contribution >= 0.6 is 0 Å². The maximum Gasteiger partial charge on any atom is 0.255 e.